The number of unbranched alkanes of at least 4 members (excludes halogenated alkanes) is 1. The first-order chi connectivity index (χ1) is 11.7. The number of aromatic nitrogens is 5. The first-order valence-electron chi connectivity index (χ1n) is 8.00. The number of benzene rings is 1. The van der Waals surface area contributed by atoms with Crippen molar-refractivity contribution in [1.82, 2.24) is 24.8 Å². The van der Waals surface area contributed by atoms with E-state index in [1.54, 1.807) is 27.8 Å². The van der Waals surface area contributed by atoms with Gasteiger partial charge < -0.3 is 5.32 Å². The molecule has 3 aromatic rings. The normalized spacial score (nSPS) is 10.8. The fraction of sp³-hybridized carbons (Fsp3) is 0.294. The van der Waals surface area contributed by atoms with E-state index in [1.165, 1.54) is 0 Å². The third-order valence-corrected chi connectivity index (χ3v) is 3.71. The van der Waals surface area contributed by atoms with Crippen molar-refractivity contribution in [3.05, 3.63) is 54.0 Å². The van der Waals surface area contributed by atoms with Gasteiger partial charge in [-0.3, -0.25) is 4.79 Å². The average molecular weight is 324 g/mol. The van der Waals surface area contributed by atoms with Crippen LogP contribution in [0.2, 0.25) is 0 Å². The zero-order valence-electron chi connectivity index (χ0n) is 13.8. The number of carbonyl (C=O) groups excluding carboxylic acids is 1. The molecule has 0 saturated carbocycles. The van der Waals surface area contributed by atoms with E-state index in [1.807, 2.05) is 31.2 Å². The molecule has 7 heteroatoms. The van der Waals surface area contributed by atoms with Gasteiger partial charge in [0.1, 0.15) is 5.82 Å². The van der Waals surface area contributed by atoms with Gasteiger partial charge >= 0.3 is 0 Å². The van der Waals surface area contributed by atoms with Crippen LogP contribution in [0.25, 0.3) is 5.69 Å². The Bertz CT molecular complexity index is 818. The first-order valence-corrected chi connectivity index (χ1v) is 8.00. The fourth-order valence-electron chi connectivity index (χ4n) is 2.30. The quantitative estimate of drug-likeness (QED) is 0.756. The van der Waals surface area contributed by atoms with Gasteiger partial charge in [0.05, 0.1) is 18.1 Å². The maximum Gasteiger partial charge on any atom is 0.279 e. The molecule has 1 aromatic carbocycles. The molecule has 0 aliphatic rings. The Kier molecular flexibility index (Phi) is 4.69. The number of rotatable bonds is 6. The minimum absolute atomic E-state index is 0.263. The van der Waals surface area contributed by atoms with Crippen LogP contribution in [0.3, 0.4) is 0 Å². The summed E-state index contributed by atoms with van der Waals surface area (Å²) in [5, 5.41) is 15.0. The third-order valence-electron chi connectivity index (χ3n) is 3.71. The van der Waals surface area contributed by atoms with Gasteiger partial charge in [-0.1, -0.05) is 36.3 Å². The Morgan fingerprint density at radius 2 is 2.00 bits per heavy atom. The van der Waals surface area contributed by atoms with Crippen molar-refractivity contribution < 1.29 is 4.79 Å². The maximum atomic E-state index is 12.4. The molecule has 2 heterocycles. The molecule has 124 valence electrons. The van der Waals surface area contributed by atoms with Crippen LogP contribution in [0.5, 0.6) is 0 Å². The Labute approximate surface area is 140 Å². The van der Waals surface area contributed by atoms with Crippen LogP contribution in [0, 0.1) is 6.92 Å². The summed E-state index contributed by atoms with van der Waals surface area (Å²) in [5.74, 6) is 0.366. The van der Waals surface area contributed by atoms with Crippen LogP contribution < -0.4 is 5.32 Å². The minimum atomic E-state index is -0.299. The largest absolute Gasteiger partial charge is 0.305 e. The van der Waals surface area contributed by atoms with E-state index in [0.717, 1.165) is 30.6 Å². The van der Waals surface area contributed by atoms with Crippen LogP contribution in [-0.2, 0) is 6.54 Å². The molecule has 0 radical (unpaired) electrons. The third kappa shape index (κ3) is 3.51. The van der Waals surface area contributed by atoms with E-state index in [-0.39, 0.29) is 11.6 Å². The molecule has 7 nitrogen and oxygen atoms in total. The highest BCUT2D eigenvalue weighted by Gasteiger charge is 2.14. The topological polar surface area (TPSA) is 77.6 Å². The number of nitrogens with one attached hydrogen (secondary N) is 1. The standard InChI is InChI=1S/C17H20N6O/c1-3-4-11-22-16(9-10-18-22)19-17(24)15-12-23(21-20-15)14-7-5-13(2)6-8-14/h5-10,12H,3-4,11H2,1-2H3,(H,19,24). The van der Waals surface area contributed by atoms with Gasteiger partial charge in [0, 0.05) is 12.6 Å². The molecule has 0 atom stereocenters. The van der Waals surface area contributed by atoms with Crippen LogP contribution in [0.4, 0.5) is 5.82 Å². The number of anilines is 1. The van der Waals surface area contributed by atoms with Gasteiger partial charge in [-0.25, -0.2) is 9.36 Å². The van der Waals surface area contributed by atoms with Crippen molar-refractivity contribution in [1.29, 1.82) is 0 Å². The molecule has 0 aliphatic carbocycles. The summed E-state index contributed by atoms with van der Waals surface area (Å²) >= 11 is 0. The molecule has 0 bridgehead atoms. The number of aryl methyl sites for hydroxylation is 2. The predicted octanol–water partition coefficient (Wildman–Crippen LogP) is 2.82. The molecular weight excluding hydrogens is 304 g/mol. The number of carbonyl (C=O) groups is 1. The van der Waals surface area contributed by atoms with Crippen molar-refractivity contribution >= 4 is 11.7 Å². The SMILES string of the molecule is CCCCn1nccc1NC(=O)c1cn(-c2ccc(C)cc2)nn1. The summed E-state index contributed by atoms with van der Waals surface area (Å²) in [4.78, 5) is 12.4. The highest BCUT2D eigenvalue weighted by Crippen LogP contribution is 2.11. The van der Waals surface area contributed by atoms with Gasteiger partial charge in [0.15, 0.2) is 5.69 Å². The molecule has 0 fully saturated rings. The summed E-state index contributed by atoms with van der Waals surface area (Å²) in [6.07, 6.45) is 5.37. The lowest BCUT2D eigenvalue weighted by Crippen LogP contribution is -2.16. The molecule has 2 aromatic heterocycles. The van der Waals surface area contributed by atoms with E-state index >= 15 is 0 Å². The molecule has 1 N–H and O–H groups in total. The van der Waals surface area contributed by atoms with E-state index in [0.29, 0.717) is 5.82 Å². The summed E-state index contributed by atoms with van der Waals surface area (Å²) < 4.78 is 3.37. The van der Waals surface area contributed by atoms with E-state index in [2.05, 4.69) is 27.7 Å². The van der Waals surface area contributed by atoms with Crippen LogP contribution in [0.1, 0.15) is 35.8 Å². The highest BCUT2D eigenvalue weighted by atomic mass is 16.2. The highest BCUT2D eigenvalue weighted by molar-refractivity contribution is 6.02. The maximum absolute atomic E-state index is 12.4. The predicted molar refractivity (Wildman–Crippen MR) is 91.2 cm³/mol. The lowest BCUT2D eigenvalue weighted by Gasteiger charge is -2.07. The Balaban J connectivity index is 1.72. The Morgan fingerprint density at radius 1 is 1.21 bits per heavy atom. The van der Waals surface area contributed by atoms with Gasteiger partial charge in [-0.15, -0.1) is 5.10 Å². The van der Waals surface area contributed by atoms with Crippen LogP contribution >= 0.6 is 0 Å². The Hall–Kier alpha value is -2.96. The van der Waals surface area contributed by atoms with Crippen LogP contribution in [0.15, 0.2) is 42.7 Å². The number of hydrogen-bond donors (Lipinski definition) is 1. The number of nitrogens with zero attached hydrogens (tertiary/aromatic N) is 5. The first kappa shape index (κ1) is 15.9. The lowest BCUT2D eigenvalue weighted by atomic mass is 10.2. The van der Waals surface area contributed by atoms with E-state index in [9.17, 15) is 4.79 Å². The zero-order chi connectivity index (χ0) is 16.9. The number of hydrogen-bond acceptors (Lipinski definition) is 4. The van der Waals surface area contributed by atoms with Gasteiger partial charge in [0.2, 0.25) is 0 Å². The molecule has 1 amide bonds. The molecule has 0 unspecified atom stereocenters. The van der Waals surface area contributed by atoms with Gasteiger partial charge in [-0.05, 0) is 25.5 Å². The van der Waals surface area contributed by atoms with Crippen molar-refractivity contribution in [2.24, 2.45) is 0 Å². The average Bonchev–Trinajstić information content (AvgIpc) is 3.23. The molecule has 24 heavy (non-hydrogen) atoms. The van der Waals surface area contributed by atoms with Crippen molar-refractivity contribution in [2.45, 2.75) is 33.2 Å². The van der Waals surface area contributed by atoms with Crippen molar-refractivity contribution in [2.75, 3.05) is 5.32 Å². The second kappa shape index (κ2) is 7.08. The Morgan fingerprint density at radius 3 is 2.75 bits per heavy atom. The molecule has 0 aliphatic heterocycles. The lowest BCUT2D eigenvalue weighted by molar-refractivity contribution is 0.102. The fourth-order valence-corrected chi connectivity index (χ4v) is 2.30. The molecule has 3 rings (SSSR count). The second-order valence-electron chi connectivity index (χ2n) is 5.63. The summed E-state index contributed by atoms with van der Waals surface area (Å²) in [5.41, 5.74) is 2.29. The molecule has 0 saturated heterocycles. The van der Waals surface area contributed by atoms with E-state index in [4.69, 9.17) is 0 Å². The molecular formula is C17H20N6O. The van der Waals surface area contributed by atoms with Crippen molar-refractivity contribution in [3.8, 4) is 5.69 Å². The van der Waals surface area contributed by atoms with Gasteiger partial charge in [-0.2, -0.15) is 5.10 Å². The van der Waals surface area contributed by atoms with Crippen molar-refractivity contribution in [3.63, 3.8) is 0 Å². The van der Waals surface area contributed by atoms with E-state index < -0.39 is 0 Å². The summed E-state index contributed by atoms with van der Waals surface area (Å²) in [6.45, 7) is 4.91. The van der Waals surface area contributed by atoms with Crippen LogP contribution in [-0.4, -0.2) is 30.7 Å². The summed E-state index contributed by atoms with van der Waals surface area (Å²) in [6, 6.07) is 9.63. The monoisotopic (exact) mass is 324 g/mol. The smallest absolute Gasteiger partial charge is 0.279 e. The molecule has 0 spiro atoms. The summed E-state index contributed by atoms with van der Waals surface area (Å²) in [7, 11) is 0. The minimum Gasteiger partial charge on any atom is -0.305 e. The zero-order valence-corrected chi connectivity index (χ0v) is 13.8. The van der Waals surface area contributed by atoms with Gasteiger partial charge in [0.25, 0.3) is 5.91 Å². The number of amides is 1. The second-order valence-corrected chi connectivity index (χ2v) is 5.63.